The van der Waals surface area contributed by atoms with Gasteiger partial charge in [0.05, 0.1) is 17.1 Å². The van der Waals surface area contributed by atoms with Crippen LogP contribution in [0.4, 0.5) is 5.69 Å². The summed E-state index contributed by atoms with van der Waals surface area (Å²) in [5, 5.41) is 2.77. The van der Waals surface area contributed by atoms with Crippen molar-refractivity contribution in [2.45, 2.75) is 24.3 Å². The second kappa shape index (κ2) is 7.17. The predicted octanol–water partition coefficient (Wildman–Crippen LogP) is 2.43. The van der Waals surface area contributed by atoms with Gasteiger partial charge in [-0.15, -0.1) is 0 Å². The van der Waals surface area contributed by atoms with E-state index in [0.29, 0.717) is 30.1 Å². The van der Waals surface area contributed by atoms with E-state index in [2.05, 4.69) is 5.32 Å². The summed E-state index contributed by atoms with van der Waals surface area (Å²) < 4.78 is 31.9. The predicted molar refractivity (Wildman–Crippen MR) is 94.0 cm³/mol. The highest BCUT2D eigenvalue weighted by Gasteiger charge is 2.29. The smallest absolute Gasteiger partial charge is 0.258 e. The van der Waals surface area contributed by atoms with Gasteiger partial charge in [0, 0.05) is 18.8 Å². The van der Waals surface area contributed by atoms with E-state index in [1.807, 2.05) is 0 Å². The maximum atomic E-state index is 12.7. The normalized spacial score (nSPS) is 15.4. The minimum atomic E-state index is -3.68. The number of nitrogens with two attached hydrogens (primary N) is 1. The van der Waals surface area contributed by atoms with Crippen molar-refractivity contribution < 1.29 is 17.6 Å². The molecule has 1 aliphatic heterocycles. The van der Waals surface area contributed by atoms with Gasteiger partial charge in [-0.1, -0.05) is 11.6 Å². The fourth-order valence-electron chi connectivity index (χ4n) is 2.66. The van der Waals surface area contributed by atoms with Crippen LogP contribution in [0.15, 0.2) is 39.8 Å². The van der Waals surface area contributed by atoms with Crippen molar-refractivity contribution in [3.63, 3.8) is 0 Å². The standard InChI is InChI=1S/C16H18ClN3O4S/c17-14-4-3-12(19-16(21)11-7-13(9-18)24-10-11)8-15(14)25(22,23)20-5-1-2-6-20/h3-4,7-8,10H,1-2,5-6,9,18H2,(H,19,21). The molecule has 2 aromatic rings. The average molecular weight is 384 g/mol. The number of benzene rings is 1. The van der Waals surface area contributed by atoms with Crippen LogP contribution in [-0.4, -0.2) is 31.7 Å². The third-order valence-corrected chi connectivity index (χ3v) is 6.37. The highest BCUT2D eigenvalue weighted by Crippen LogP contribution is 2.29. The second-order valence-electron chi connectivity index (χ2n) is 5.72. The number of amides is 1. The lowest BCUT2D eigenvalue weighted by Crippen LogP contribution is -2.28. The van der Waals surface area contributed by atoms with E-state index in [9.17, 15) is 13.2 Å². The van der Waals surface area contributed by atoms with E-state index in [1.165, 1.54) is 28.8 Å². The van der Waals surface area contributed by atoms with Gasteiger partial charge in [-0.05, 0) is 37.1 Å². The van der Waals surface area contributed by atoms with Crippen LogP contribution in [0.1, 0.15) is 29.0 Å². The van der Waals surface area contributed by atoms with Gasteiger partial charge in [0.25, 0.3) is 5.91 Å². The van der Waals surface area contributed by atoms with Crippen LogP contribution in [0.2, 0.25) is 5.02 Å². The van der Waals surface area contributed by atoms with E-state index in [-0.39, 0.29) is 16.5 Å². The summed E-state index contributed by atoms with van der Waals surface area (Å²) >= 11 is 6.09. The number of nitrogens with one attached hydrogen (secondary N) is 1. The second-order valence-corrected chi connectivity index (χ2v) is 8.03. The molecule has 7 nitrogen and oxygen atoms in total. The topological polar surface area (TPSA) is 106 Å². The average Bonchev–Trinajstić information content (AvgIpc) is 3.28. The Balaban J connectivity index is 1.85. The molecular formula is C16H18ClN3O4S. The molecule has 1 saturated heterocycles. The Labute approximate surface area is 150 Å². The monoisotopic (exact) mass is 383 g/mol. The molecule has 0 bridgehead atoms. The number of nitrogens with zero attached hydrogens (tertiary/aromatic N) is 1. The quantitative estimate of drug-likeness (QED) is 0.824. The van der Waals surface area contributed by atoms with Crippen LogP contribution in [-0.2, 0) is 16.6 Å². The molecular weight excluding hydrogens is 366 g/mol. The van der Waals surface area contributed by atoms with Crippen molar-refractivity contribution in [3.05, 3.63) is 46.9 Å². The first-order valence-electron chi connectivity index (χ1n) is 7.80. The minimum absolute atomic E-state index is 0.0105. The molecule has 1 amide bonds. The molecule has 9 heteroatoms. The Hall–Kier alpha value is -1.87. The summed E-state index contributed by atoms with van der Waals surface area (Å²) in [4.78, 5) is 12.2. The van der Waals surface area contributed by atoms with Crippen molar-refractivity contribution in [1.29, 1.82) is 0 Å². The lowest BCUT2D eigenvalue weighted by molar-refractivity contribution is 0.102. The van der Waals surface area contributed by atoms with Gasteiger partial charge in [0.1, 0.15) is 16.9 Å². The molecule has 0 aliphatic carbocycles. The highest BCUT2D eigenvalue weighted by molar-refractivity contribution is 7.89. The van der Waals surface area contributed by atoms with Gasteiger partial charge >= 0.3 is 0 Å². The molecule has 0 saturated carbocycles. The van der Waals surface area contributed by atoms with Crippen LogP contribution in [0.5, 0.6) is 0 Å². The summed E-state index contributed by atoms with van der Waals surface area (Å²) in [5.74, 6) is 0.0637. The Bertz CT molecular complexity index is 889. The number of rotatable bonds is 5. The van der Waals surface area contributed by atoms with Crippen LogP contribution in [0, 0.1) is 0 Å². The Morgan fingerprint density at radius 2 is 2.00 bits per heavy atom. The number of anilines is 1. The van der Waals surface area contributed by atoms with Crippen molar-refractivity contribution in [1.82, 2.24) is 4.31 Å². The van der Waals surface area contributed by atoms with E-state index < -0.39 is 15.9 Å². The highest BCUT2D eigenvalue weighted by atomic mass is 35.5. The lowest BCUT2D eigenvalue weighted by Gasteiger charge is -2.17. The van der Waals surface area contributed by atoms with Crippen LogP contribution in [0.25, 0.3) is 0 Å². The van der Waals surface area contributed by atoms with Gasteiger partial charge in [-0.25, -0.2) is 8.42 Å². The van der Waals surface area contributed by atoms with Crippen molar-refractivity contribution >= 4 is 33.2 Å². The van der Waals surface area contributed by atoms with Gasteiger partial charge in [0.2, 0.25) is 10.0 Å². The van der Waals surface area contributed by atoms with E-state index in [4.69, 9.17) is 21.8 Å². The number of hydrogen-bond acceptors (Lipinski definition) is 5. The third-order valence-electron chi connectivity index (χ3n) is 3.99. The first-order valence-corrected chi connectivity index (χ1v) is 9.62. The number of halogens is 1. The molecule has 1 aromatic carbocycles. The van der Waals surface area contributed by atoms with Crippen molar-refractivity contribution in [2.75, 3.05) is 18.4 Å². The van der Waals surface area contributed by atoms with Gasteiger partial charge in [-0.2, -0.15) is 4.31 Å². The van der Waals surface area contributed by atoms with Crippen molar-refractivity contribution in [2.24, 2.45) is 5.73 Å². The minimum Gasteiger partial charge on any atom is -0.467 e. The summed E-state index contributed by atoms with van der Waals surface area (Å²) in [6.45, 7) is 1.14. The number of furan rings is 1. The van der Waals surface area contributed by atoms with E-state index >= 15 is 0 Å². The number of carbonyl (C=O) groups excluding carboxylic acids is 1. The fraction of sp³-hybridized carbons (Fsp3) is 0.312. The molecule has 134 valence electrons. The zero-order valence-electron chi connectivity index (χ0n) is 13.4. The Morgan fingerprint density at radius 1 is 1.28 bits per heavy atom. The molecule has 0 radical (unpaired) electrons. The van der Waals surface area contributed by atoms with Gasteiger partial charge < -0.3 is 15.5 Å². The molecule has 0 spiro atoms. The Morgan fingerprint density at radius 3 is 2.64 bits per heavy atom. The summed E-state index contributed by atoms with van der Waals surface area (Å²) in [7, 11) is -3.68. The maximum Gasteiger partial charge on any atom is 0.258 e. The number of sulfonamides is 1. The van der Waals surface area contributed by atoms with Gasteiger partial charge in [0.15, 0.2) is 0 Å². The van der Waals surface area contributed by atoms with Crippen LogP contribution >= 0.6 is 11.6 Å². The van der Waals surface area contributed by atoms with Crippen LogP contribution < -0.4 is 11.1 Å². The van der Waals surface area contributed by atoms with Gasteiger partial charge in [-0.3, -0.25) is 4.79 Å². The SMILES string of the molecule is NCc1cc(C(=O)Nc2ccc(Cl)c(S(=O)(=O)N3CCCC3)c2)co1. The maximum absolute atomic E-state index is 12.7. The molecule has 25 heavy (non-hydrogen) atoms. The molecule has 1 aromatic heterocycles. The molecule has 0 atom stereocenters. The lowest BCUT2D eigenvalue weighted by atomic mass is 10.2. The summed E-state index contributed by atoms with van der Waals surface area (Å²) in [6, 6.07) is 5.92. The van der Waals surface area contributed by atoms with E-state index in [0.717, 1.165) is 12.8 Å². The first kappa shape index (κ1) is 17.9. The number of carbonyl (C=O) groups is 1. The van der Waals surface area contributed by atoms with E-state index in [1.54, 1.807) is 6.07 Å². The molecule has 2 heterocycles. The molecule has 1 fully saturated rings. The summed E-state index contributed by atoms with van der Waals surface area (Å²) in [6.07, 6.45) is 2.96. The van der Waals surface area contributed by atoms with Crippen LogP contribution in [0.3, 0.4) is 0 Å². The molecule has 3 N–H and O–H groups in total. The first-order chi connectivity index (χ1) is 11.9. The number of hydrogen-bond donors (Lipinski definition) is 2. The Kier molecular flexibility index (Phi) is 5.14. The summed E-state index contributed by atoms with van der Waals surface area (Å²) in [5.41, 5.74) is 6.09. The molecule has 1 aliphatic rings. The third kappa shape index (κ3) is 3.72. The zero-order valence-corrected chi connectivity index (χ0v) is 14.9. The van der Waals surface area contributed by atoms with Crippen molar-refractivity contribution in [3.8, 4) is 0 Å². The molecule has 3 rings (SSSR count). The molecule has 0 unspecified atom stereocenters. The largest absolute Gasteiger partial charge is 0.467 e. The zero-order chi connectivity index (χ0) is 18.0. The fourth-order valence-corrected chi connectivity index (χ4v) is 4.67.